The lowest BCUT2D eigenvalue weighted by atomic mass is 9.95. The number of rotatable bonds is 6. The molecule has 1 aliphatic rings. The Hall–Kier alpha value is -3.81. The molecule has 1 amide bonds. The zero-order valence-corrected chi connectivity index (χ0v) is 18.1. The summed E-state index contributed by atoms with van der Waals surface area (Å²) in [6.07, 6.45) is 8.36. The van der Waals surface area contributed by atoms with Gasteiger partial charge in [0.1, 0.15) is 11.6 Å². The van der Waals surface area contributed by atoms with Crippen molar-refractivity contribution in [2.45, 2.75) is 25.4 Å². The molecule has 2 aromatic carbocycles. The van der Waals surface area contributed by atoms with E-state index in [1.54, 1.807) is 37.1 Å². The minimum Gasteiger partial charge on any atom is -0.355 e. The van der Waals surface area contributed by atoms with Gasteiger partial charge in [-0.05, 0) is 42.7 Å². The molecule has 3 heterocycles. The van der Waals surface area contributed by atoms with Crippen molar-refractivity contribution >= 4 is 22.8 Å². The lowest BCUT2D eigenvalue weighted by molar-refractivity contribution is -0.126. The summed E-state index contributed by atoms with van der Waals surface area (Å²) in [5.41, 5.74) is 2.76. The molecule has 0 radical (unpaired) electrons. The van der Waals surface area contributed by atoms with Crippen LogP contribution in [0.3, 0.4) is 0 Å². The van der Waals surface area contributed by atoms with Gasteiger partial charge < -0.3 is 14.8 Å². The van der Waals surface area contributed by atoms with E-state index < -0.39 is 0 Å². The summed E-state index contributed by atoms with van der Waals surface area (Å²) in [5, 5.41) is 3.22. The molecule has 8 heteroatoms. The number of nitrogens with one attached hydrogen (secondary N) is 1. The highest BCUT2D eigenvalue weighted by atomic mass is 19.1. The van der Waals surface area contributed by atoms with E-state index in [4.69, 9.17) is 0 Å². The molecule has 0 spiro atoms. The third kappa shape index (κ3) is 4.69. The number of carbonyl (C=O) groups is 1. The Labute approximate surface area is 191 Å². The van der Waals surface area contributed by atoms with Crippen molar-refractivity contribution in [1.29, 1.82) is 0 Å². The molecule has 1 fully saturated rings. The number of piperidine rings is 1. The standard InChI is InChI=1S/C25H25FN6O/c26-20-7-5-18(6-8-20)22(16-32-17-29-21-3-1-2-4-23(21)32)30-25(33)19-9-13-31(14-10-19)24-15-27-11-12-28-24/h1-8,11-12,15,17,19,22H,9-10,13-14,16H2,(H,30,33). The molecule has 0 saturated carbocycles. The molecule has 0 bridgehead atoms. The number of hydrogen-bond acceptors (Lipinski definition) is 5. The summed E-state index contributed by atoms with van der Waals surface area (Å²) < 4.78 is 15.6. The highest BCUT2D eigenvalue weighted by Crippen LogP contribution is 2.24. The Morgan fingerprint density at radius 1 is 1.06 bits per heavy atom. The van der Waals surface area contributed by atoms with Crippen molar-refractivity contribution in [3.63, 3.8) is 0 Å². The van der Waals surface area contributed by atoms with Gasteiger partial charge >= 0.3 is 0 Å². The molecule has 7 nitrogen and oxygen atoms in total. The first-order valence-electron chi connectivity index (χ1n) is 11.1. The number of fused-ring (bicyclic) bond motifs is 1. The predicted octanol–water partition coefficient (Wildman–Crippen LogP) is 3.74. The van der Waals surface area contributed by atoms with Gasteiger partial charge in [0, 0.05) is 37.9 Å². The van der Waals surface area contributed by atoms with Crippen molar-refractivity contribution < 1.29 is 9.18 Å². The Balaban J connectivity index is 1.31. The quantitative estimate of drug-likeness (QED) is 0.490. The van der Waals surface area contributed by atoms with Gasteiger partial charge in [-0.1, -0.05) is 24.3 Å². The monoisotopic (exact) mass is 444 g/mol. The topological polar surface area (TPSA) is 75.9 Å². The number of aromatic nitrogens is 4. The number of carbonyl (C=O) groups excluding carboxylic acids is 1. The zero-order chi connectivity index (χ0) is 22.6. The molecular weight excluding hydrogens is 419 g/mol. The Kier molecular flexibility index (Phi) is 5.97. The van der Waals surface area contributed by atoms with Crippen LogP contribution in [0.1, 0.15) is 24.4 Å². The van der Waals surface area contributed by atoms with Gasteiger partial charge in [0.2, 0.25) is 5.91 Å². The number of anilines is 1. The van der Waals surface area contributed by atoms with Gasteiger partial charge in [-0.15, -0.1) is 0 Å². The molecule has 0 aliphatic carbocycles. The van der Waals surface area contributed by atoms with Gasteiger partial charge in [-0.2, -0.15) is 0 Å². The number of benzene rings is 2. The van der Waals surface area contributed by atoms with E-state index in [1.165, 1.54) is 12.1 Å². The van der Waals surface area contributed by atoms with Crippen molar-refractivity contribution in [3.05, 3.63) is 84.8 Å². The van der Waals surface area contributed by atoms with Crippen LogP contribution in [-0.4, -0.2) is 38.5 Å². The molecule has 4 aromatic rings. The van der Waals surface area contributed by atoms with Crippen LogP contribution >= 0.6 is 0 Å². The summed E-state index contributed by atoms with van der Waals surface area (Å²) in [6.45, 7) is 2.02. The lowest BCUT2D eigenvalue weighted by Gasteiger charge is -2.32. The van der Waals surface area contributed by atoms with Crippen LogP contribution in [0.4, 0.5) is 10.2 Å². The maximum Gasteiger partial charge on any atom is 0.223 e. The van der Waals surface area contributed by atoms with E-state index in [-0.39, 0.29) is 23.7 Å². The third-order valence-corrected chi connectivity index (χ3v) is 6.23. The fraction of sp³-hybridized carbons (Fsp3) is 0.280. The summed E-state index contributed by atoms with van der Waals surface area (Å²) in [6, 6.07) is 13.9. The average Bonchev–Trinajstić information content (AvgIpc) is 3.27. The average molecular weight is 445 g/mol. The Morgan fingerprint density at radius 2 is 1.85 bits per heavy atom. The predicted molar refractivity (Wildman–Crippen MR) is 124 cm³/mol. The van der Waals surface area contributed by atoms with Crippen LogP contribution in [0.2, 0.25) is 0 Å². The van der Waals surface area contributed by atoms with Gasteiger partial charge in [-0.25, -0.2) is 14.4 Å². The molecule has 33 heavy (non-hydrogen) atoms. The smallest absolute Gasteiger partial charge is 0.223 e. The van der Waals surface area contributed by atoms with E-state index in [9.17, 15) is 9.18 Å². The number of imidazole rings is 1. The molecule has 2 aromatic heterocycles. The first-order valence-corrected chi connectivity index (χ1v) is 11.1. The van der Waals surface area contributed by atoms with Crippen molar-refractivity contribution in [2.24, 2.45) is 5.92 Å². The van der Waals surface area contributed by atoms with Crippen LogP contribution in [0.5, 0.6) is 0 Å². The van der Waals surface area contributed by atoms with E-state index >= 15 is 0 Å². The van der Waals surface area contributed by atoms with E-state index in [2.05, 4.69) is 25.2 Å². The molecular formula is C25H25FN6O. The largest absolute Gasteiger partial charge is 0.355 e. The van der Waals surface area contributed by atoms with Gasteiger partial charge in [0.05, 0.1) is 29.6 Å². The number of amides is 1. The fourth-order valence-electron chi connectivity index (χ4n) is 4.40. The van der Waals surface area contributed by atoms with Crippen LogP contribution in [0.25, 0.3) is 11.0 Å². The molecule has 1 saturated heterocycles. The Morgan fingerprint density at radius 3 is 2.61 bits per heavy atom. The highest BCUT2D eigenvalue weighted by Gasteiger charge is 2.28. The Bertz CT molecular complexity index is 1220. The maximum absolute atomic E-state index is 13.5. The third-order valence-electron chi connectivity index (χ3n) is 6.23. The van der Waals surface area contributed by atoms with Crippen molar-refractivity contribution in [2.75, 3.05) is 18.0 Å². The van der Waals surface area contributed by atoms with Crippen LogP contribution in [0.15, 0.2) is 73.4 Å². The fourth-order valence-corrected chi connectivity index (χ4v) is 4.40. The van der Waals surface area contributed by atoms with Gasteiger partial charge in [0.15, 0.2) is 0 Å². The first-order chi connectivity index (χ1) is 16.2. The molecule has 1 unspecified atom stereocenters. The summed E-state index contributed by atoms with van der Waals surface area (Å²) in [4.78, 5) is 28.3. The first kappa shape index (κ1) is 21.1. The second-order valence-corrected chi connectivity index (χ2v) is 8.32. The highest BCUT2D eigenvalue weighted by molar-refractivity contribution is 5.79. The SMILES string of the molecule is O=C(NC(Cn1cnc2ccccc21)c1ccc(F)cc1)C1CCN(c2cnccn2)CC1. The number of para-hydroxylation sites is 2. The zero-order valence-electron chi connectivity index (χ0n) is 18.1. The van der Waals surface area contributed by atoms with Gasteiger partial charge in [0.25, 0.3) is 0 Å². The van der Waals surface area contributed by atoms with Crippen molar-refractivity contribution in [3.8, 4) is 0 Å². The molecule has 5 rings (SSSR count). The minimum atomic E-state index is -0.298. The van der Waals surface area contributed by atoms with E-state index in [0.717, 1.165) is 48.3 Å². The molecule has 1 atom stereocenters. The minimum absolute atomic E-state index is 0.0209. The van der Waals surface area contributed by atoms with Crippen molar-refractivity contribution in [1.82, 2.24) is 24.8 Å². The van der Waals surface area contributed by atoms with Crippen LogP contribution in [-0.2, 0) is 11.3 Å². The number of nitrogens with zero attached hydrogens (tertiary/aromatic N) is 5. The van der Waals surface area contributed by atoms with Crippen LogP contribution in [0, 0.1) is 11.7 Å². The normalized spacial score (nSPS) is 15.5. The van der Waals surface area contributed by atoms with Gasteiger partial charge in [-0.3, -0.25) is 9.78 Å². The molecule has 1 N–H and O–H groups in total. The number of halogens is 1. The molecule has 168 valence electrons. The second-order valence-electron chi connectivity index (χ2n) is 8.32. The number of hydrogen-bond donors (Lipinski definition) is 1. The summed E-state index contributed by atoms with van der Waals surface area (Å²) in [5.74, 6) is 0.480. The maximum atomic E-state index is 13.5. The van der Waals surface area contributed by atoms with E-state index in [1.807, 2.05) is 28.8 Å². The summed E-state index contributed by atoms with van der Waals surface area (Å²) >= 11 is 0. The van der Waals surface area contributed by atoms with E-state index in [0.29, 0.717) is 6.54 Å². The van der Waals surface area contributed by atoms with Crippen LogP contribution < -0.4 is 10.2 Å². The lowest BCUT2D eigenvalue weighted by Crippen LogP contribution is -2.42. The molecule has 1 aliphatic heterocycles. The second kappa shape index (κ2) is 9.36. The summed E-state index contributed by atoms with van der Waals surface area (Å²) in [7, 11) is 0.